The molecule has 98 valence electrons. The van der Waals surface area contributed by atoms with E-state index in [1.54, 1.807) is 0 Å². The topological polar surface area (TPSA) is 41.6 Å². The minimum atomic E-state index is -0.0658. The standard InChI is InChI=1S/C13H24N2O2/c1-3-7-14-11-5-4-8-15(12(11)16)13(2)6-9-17-10-13/h11,14H,3-10H2,1-2H3. The number of amides is 1. The highest BCUT2D eigenvalue weighted by molar-refractivity contribution is 5.83. The predicted molar refractivity (Wildman–Crippen MR) is 66.9 cm³/mol. The lowest BCUT2D eigenvalue weighted by Gasteiger charge is -2.42. The van der Waals surface area contributed by atoms with Gasteiger partial charge in [0, 0.05) is 13.2 Å². The Labute approximate surface area is 104 Å². The second-order valence-corrected chi connectivity index (χ2v) is 5.44. The number of piperidine rings is 1. The Morgan fingerprint density at radius 2 is 2.41 bits per heavy atom. The van der Waals surface area contributed by atoms with E-state index in [4.69, 9.17) is 4.74 Å². The van der Waals surface area contributed by atoms with E-state index in [1.165, 1.54) is 0 Å². The van der Waals surface area contributed by atoms with Crippen LogP contribution in [0.4, 0.5) is 0 Å². The van der Waals surface area contributed by atoms with Crippen LogP contribution in [0.1, 0.15) is 39.5 Å². The van der Waals surface area contributed by atoms with E-state index in [2.05, 4.69) is 24.1 Å². The third-order valence-corrected chi connectivity index (χ3v) is 3.93. The quantitative estimate of drug-likeness (QED) is 0.801. The molecule has 2 heterocycles. The average Bonchev–Trinajstić information content (AvgIpc) is 2.76. The molecule has 4 heteroatoms. The van der Waals surface area contributed by atoms with Crippen LogP contribution < -0.4 is 5.32 Å². The number of hydrogen-bond donors (Lipinski definition) is 1. The van der Waals surface area contributed by atoms with Crippen molar-refractivity contribution >= 4 is 5.91 Å². The van der Waals surface area contributed by atoms with Crippen LogP contribution in [0.2, 0.25) is 0 Å². The molecular formula is C13H24N2O2. The molecule has 2 saturated heterocycles. The third kappa shape index (κ3) is 2.63. The molecule has 1 amide bonds. The molecule has 0 bridgehead atoms. The summed E-state index contributed by atoms with van der Waals surface area (Å²) in [6.45, 7) is 7.58. The number of rotatable bonds is 4. The Balaban J connectivity index is 2.00. The zero-order valence-electron chi connectivity index (χ0n) is 11.0. The number of carbonyl (C=O) groups is 1. The van der Waals surface area contributed by atoms with Gasteiger partial charge in [-0.15, -0.1) is 0 Å². The molecule has 0 aromatic carbocycles. The van der Waals surface area contributed by atoms with E-state index in [0.717, 1.165) is 45.4 Å². The van der Waals surface area contributed by atoms with Crippen molar-refractivity contribution < 1.29 is 9.53 Å². The molecule has 2 rings (SSSR count). The van der Waals surface area contributed by atoms with E-state index in [1.807, 2.05) is 0 Å². The Morgan fingerprint density at radius 3 is 3.06 bits per heavy atom. The first-order chi connectivity index (χ1) is 8.17. The first-order valence-electron chi connectivity index (χ1n) is 6.80. The summed E-state index contributed by atoms with van der Waals surface area (Å²) < 4.78 is 5.46. The molecule has 2 unspecified atom stereocenters. The fraction of sp³-hybridized carbons (Fsp3) is 0.923. The highest BCUT2D eigenvalue weighted by Gasteiger charge is 2.42. The van der Waals surface area contributed by atoms with Crippen LogP contribution in [0.5, 0.6) is 0 Å². The van der Waals surface area contributed by atoms with Gasteiger partial charge in [-0.05, 0) is 39.2 Å². The number of nitrogens with one attached hydrogen (secondary N) is 1. The van der Waals surface area contributed by atoms with Crippen LogP contribution in [0.3, 0.4) is 0 Å². The summed E-state index contributed by atoms with van der Waals surface area (Å²) in [5.41, 5.74) is -0.0658. The second kappa shape index (κ2) is 5.36. The zero-order chi connectivity index (χ0) is 12.3. The van der Waals surface area contributed by atoms with Gasteiger partial charge in [0.1, 0.15) is 0 Å². The van der Waals surface area contributed by atoms with Gasteiger partial charge in [0.15, 0.2) is 0 Å². The van der Waals surface area contributed by atoms with Gasteiger partial charge < -0.3 is 15.0 Å². The van der Waals surface area contributed by atoms with Crippen LogP contribution in [0.15, 0.2) is 0 Å². The van der Waals surface area contributed by atoms with Crippen molar-refractivity contribution in [3.05, 3.63) is 0 Å². The summed E-state index contributed by atoms with van der Waals surface area (Å²) in [5.74, 6) is 0.276. The van der Waals surface area contributed by atoms with Crippen LogP contribution in [-0.2, 0) is 9.53 Å². The maximum Gasteiger partial charge on any atom is 0.240 e. The summed E-state index contributed by atoms with van der Waals surface area (Å²) in [5, 5.41) is 3.36. The number of hydrogen-bond acceptors (Lipinski definition) is 3. The van der Waals surface area contributed by atoms with Crippen molar-refractivity contribution in [2.75, 3.05) is 26.3 Å². The van der Waals surface area contributed by atoms with Gasteiger partial charge in [0.25, 0.3) is 0 Å². The van der Waals surface area contributed by atoms with Gasteiger partial charge in [-0.1, -0.05) is 6.92 Å². The Hall–Kier alpha value is -0.610. The highest BCUT2D eigenvalue weighted by atomic mass is 16.5. The minimum absolute atomic E-state index is 0.0288. The predicted octanol–water partition coefficient (Wildman–Crippen LogP) is 1.16. The normalized spacial score (nSPS) is 34.4. The Kier molecular flexibility index (Phi) is 4.05. The molecule has 2 aliphatic rings. The molecule has 2 atom stereocenters. The van der Waals surface area contributed by atoms with Gasteiger partial charge >= 0.3 is 0 Å². The van der Waals surface area contributed by atoms with Crippen LogP contribution in [0, 0.1) is 0 Å². The van der Waals surface area contributed by atoms with Crippen LogP contribution in [-0.4, -0.2) is 48.7 Å². The number of likely N-dealkylation sites (tertiary alicyclic amines) is 1. The van der Waals surface area contributed by atoms with Gasteiger partial charge in [-0.2, -0.15) is 0 Å². The summed E-state index contributed by atoms with van der Waals surface area (Å²) in [7, 11) is 0. The molecule has 0 spiro atoms. The highest BCUT2D eigenvalue weighted by Crippen LogP contribution is 2.29. The molecule has 17 heavy (non-hydrogen) atoms. The fourth-order valence-corrected chi connectivity index (χ4v) is 2.79. The van der Waals surface area contributed by atoms with E-state index in [0.29, 0.717) is 6.61 Å². The molecule has 0 saturated carbocycles. The number of carbonyl (C=O) groups excluding carboxylic acids is 1. The molecule has 0 aliphatic carbocycles. The summed E-state index contributed by atoms with van der Waals surface area (Å²) >= 11 is 0. The monoisotopic (exact) mass is 240 g/mol. The number of ether oxygens (including phenoxy) is 1. The summed E-state index contributed by atoms with van der Waals surface area (Å²) in [6.07, 6.45) is 4.12. The van der Waals surface area contributed by atoms with Gasteiger partial charge in [-0.25, -0.2) is 0 Å². The fourth-order valence-electron chi connectivity index (χ4n) is 2.79. The maximum atomic E-state index is 12.4. The van der Waals surface area contributed by atoms with Crippen molar-refractivity contribution in [2.45, 2.75) is 51.1 Å². The molecule has 2 aliphatic heterocycles. The van der Waals surface area contributed by atoms with E-state index >= 15 is 0 Å². The smallest absolute Gasteiger partial charge is 0.240 e. The molecular weight excluding hydrogens is 216 g/mol. The van der Waals surface area contributed by atoms with Crippen molar-refractivity contribution in [3.8, 4) is 0 Å². The van der Waals surface area contributed by atoms with Gasteiger partial charge in [0.05, 0.1) is 18.2 Å². The molecule has 1 N–H and O–H groups in total. The minimum Gasteiger partial charge on any atom is -0.379 e. The lowest BCUT2D eigenvalue weighted by Crippen LogP contribution is -2.59. The summed E-state index contributed by atoms with van der Waals surface area (Å²) in [4.78, 5) is 14.5. The van der Waals surface area contributed by atoms with Crippen LogP contribution in [0.25, 0.3) is 0 Å². The second-order valence-electron chi connectivity index (χ2n) is 5.44. The third-order valence-electron chi connectivity index (χ3n) is 3.93. The number of nitrogens with zero attached hydrogens (tertiary/aromatic N) is 1. The van der Waals surface area contributed by atoms with E-state index in [-0.39, 0.29) is 17.5 Å². The molecule has 0 aromatic heterocycles. The van der Waals surface area contributed by atoms with Crippen molar-refractivity contribution in [3.63, 3.8) is 0 Å². The van der Waals surface area contributed by atoms with Crippen LogP contribution >= 0.6 is 0 Å². The lowest BCUT2D eigenvalue weighted by molar-refractivity contribution is -0.142. The molecule has 0 aromatic rings. The molecule has 4 nitrogen and oxygen atoms in total. The molecule has 0 radical (unpaired) electrons. The van der Waals surface area contributed by atoms with Gasteiger partial charge in [0.2, 0.25) is 5.91 Å². The molecule has 2 fully saturated rings. The van der Waals surface area contributed by atoms with Crippen molar-refractivity contribution in [1.82, 2.24) is 10.2 Å². The summed E-state index contributed by atoms with van der Waals surface area (Å²) in [6, 6.07) is 0.0288. The van der Waals surface area contributed by atoms with Crippen molar-refractivity contribution in [2.24, 2.45) is 0 Å². The lowest BCUT2D eigenvalue weighted by atomic mass is 9.93. The Morgan fingerprint density at radius 1 is 1.59 bits per heavy atom. The first kappa shape index (κ1) is 12.8. The van der Waals surface area contributed by atoms with Crippen molar-refractivity contribution in [1.29, 1.82) is 0 Å². The average molecular weight is 240 g/mol. The van der Waals surface area contributed by atoms with Gasteiger partial charge in [-0.3, -0.25) is 4.79 Å². The van der Waals surface area contributed by atoms with E-state index < -0.39 is 0 Å². The maximum absolute atomic E-state index is 12.4. The zero-order valence-corrected chi connectivity index (χ0v) is 11.0. The largest absolute Gasteiger partial charge is 0.379 e. The first-order valence-corrected chi connectivity index (χ1v) is 6.80. The van der Waals surface area contributed by atoms with E-state index in [9.17, 15) is 4.79 Å². The SMILES string of the molecule is CCCNC1CCCN(C2(C)CCOC2)C1=O. The Bertz CT molecular complexity index is 275.